The monoisotopic (exact) mass is 461 g/mol. The molecular weight excluding hydrogens is 433 g/mol. The Kier molecular flexibility index (Phi) is 7.16. The number of sulfonamides is 2. The molecule has 0 aromatic heterocycles. The summed E-state index contributed by atoms with van der Waals surface area (Å²) in [5.41, 5.74) is 0. The summed E-state index contributed by atoms with van der Waals surface area (Å²) in [6.45, 7) is 1.22. The van der Waals surface area contributed by atoms with E-state index in [0.29, 0.717) is 19.4 Å². The Morgan fingerprint density at radius 1 is 1.03 bits per heavy atom. The Labute approximate surface area is 177 Å². The first kappa shape index (κ1) is 23.1. The van der Waals surface area contributed by atoms with Crippen LogP contribution in [0.1, 0.15) is 32.1 Å². The van der Waals surface area contributed by atoms with Crippen molar-refractivity contribution in [2.75, 3.05) is 32.4 Å². The number of likely N-dealkylation sites (tertiary alicyclic amines) is 1. The van der Waals surface area contributed by atoms with Crippen molar-refractivity contribution in [1.82, 2.24) is 13.9 Å². The zero-order chi connectivity index (χ0) is 21.9. The van der Waals surface area contributed by atoms with Crippen LogP contribution in [-0.4, -0.2) is 70.4 Å². The number of rotatable bonds is 6. The van der Waals surface area contributed by atoms with Crippen molar-refractivity contribution in [3.8, 4) is 0 Å². The lowest BCUT2D eigenvalue weighted by molar-refractivity contribution is -0.140. The molecule has 0 radical (unpaired) electrons. The number of hydrogen-bond acceptors (Lipinski definition) is 5. The van der Waals surface area contributed by atoms with E-state index in [0.717, 1.165) is 37.7 Å². The van der Waals surface area contributed by atoms with Gasteiger partial charge in [-0.05, 0) is 56.4 Å². The first-order chi connectivity index (χ1) is 14.1. The lowest BCUT2D eigenvalue weighted by Gasteiger charge is -2.39. The molecule has 1 aromatic rings. The van der Waals surface area contributed by atoms with Gasteiger partial charge in [0.1, 0.15) is 5.82 Å². The van der Waals surface area contributed by atoms with Crippen LogP contribution >= 0.6 is 0 Å². The number of carbonyl (C=O) groups is 1. The van der Waals surface area contributed by atoms with Gasteiger partial charge < -0.3 is 4.90 Å². The number of carbonyl (C=O) groups excluding carboxylic acids is 1. The molecular formula is C19H28FN3O5S2. The molecule has 168 valence electrons. The van der Waals surface area contributed by atoms with Crippen LogP contribution in [0.3, 0.4) is 0 Å². The lowest BCUT2D eigenvalue weighted by atomic mass is 9.93. The number of benzene rings is 1. The van der Waals surface area contributed by atoms with Crippen LogP contribution in [0.4, 0.5) is 4.39 Å². The van der Waals surface area contributed by atoms with Crippen LogP contribution in [0, 0.1) is 11.7 Å². The minimum Gasteiger partial charge on any atom is -0.338 e. The summed E-state index contributed by atoms with van der Waals surface area (Å²) < 4.78 is 65.3. The van der Waals surface area contributed by atoms with Gasteiger partial charge in [-0.15, -0.1) is 0 Å². The molecule has 0 spiro atoms. The molecule has 0 saturated carbocycles. The second-order valence-corrected chi connectivity index (χ2v) is 11.7. The fourth-order valence-corrected chi connectivity index (χ4v) is 6.05. The van der Waals surface area contributed by atoms with E-state index in [4.69, 9.17) is 0 Å². The van der Waals surface area contributed by atoms with Crippen LogP contribution in [-0.2, 0) is 24.8 Å². The van der Waals surface area contributed by atoms with Crippen LogP contribution in [0.5, 0.6) is 0 Å². The number of piperidine rings is 2. The van der Waals surface area contributed by atoms with Gasteiger partial charge in [0.2, 0.25) is 26.0 Å². The van der Waals surface area contributed by atoms with E-state index in [2.05, 4.69) is 4.72 Å². The second-order valence-electron chi connectivity index (χ2n) is 7.93. The fraction of sp³-hybridized carbons (Fsp3) is 0.632. The summed E-state index contributed by atoms with van der Waals surface area (Å²) in [7, 11) is -7.06. The molecule has 11 heteroatoms. The molecule has 2 heterocycles. The van der Waals surface area contributed by atoms with Crippen molar-refractivity contribution < 1.29 is 26.0 Å². The quantitative estimate of drug-likeness (QED) is 0.685. The molecule has 2 saturated heterocycles. The summed E-state index contributed by atoms with van der Waals surface area (Å²) in [5, 5.41) is 0. The molecule has 30 heavy (non-hydrogen) atoms. The summed E-state index contributed by atoms with van der Waals surface area (Å²) in [4.78, 5) is 14.9. The Balaban J connectivity index is 1.62. The normalized spacial score (nSPS) is 22.2. The maximum absolute atomic E-state index is 13.1. The van der Waals surface area contributed by atoms with E-state index in [1.54, 1.807) is 4.90 Å². The molecule has 8 nitrogen and oxygen atoms in total. The molecule has 0 bridgehead atoms. The molecule has 3 rings (SSSR count). The third-order valence-corrected chi connectivity index (χ3v) is 8.35. The van der Waals surface area contributed by atoms with Crippen molar-refractivity contribution in [3.05, 3.63) is 30.1 Å². The minimum atomic E-state index is -3.72. The molecule has 0 aliphatic carbocycles. The van der Waals surface area contributed by atoms with Gasteiger partial charge in [-0.25, -0.2) is 25.9 Å². The highest BCUT2D eigenvalue weighted by atomic mass is 32.2. The highest BCUT2D eigenvalue weighted by Gasteiger charge is 2.36. The van der Waals surface area contributed by atoms with Crippen LogP contribution in [0.25, 0.3) is 0 Å². The van der Waals surface area contributed by atoms with Crippen LogP contribution in [0.15, 0.2) is 29.2 Å². The van der Waals surface area contributed by atoms with Gasteiger partial charge in [0.15, 0.2) is 0 Å². The standard InChI is InChI=1S/C19H28FN3O5S2/c1-29(25,26)21-14-17-4-2-3-11-23(17)19(24)15-9-12-22(13-10-15)30(27,28)18-7-5-16(20)6-8-18/h5-8,15,17,21H,2-4,9-14H2,1H3/t17-/m0/s1. The van der Waals surface area contributed by atoms with Crippen LogP contribution < -0.4 is 4.72 Å². The third kappa shape index (κ3) is 5.57. The van der Waals surface area contributed by atoms with E-state index < -0.39 is 25.9 Å². The SMILES string of the molecule is CS(=O)(=O)NC[C@@H]1CCCCN1C(=O)C1CCN(S(=O)(=O)c2ccc(F)cc2)CC1. The van der Waals surface area contributed by atoms with Crippen molar-refractivity contribution in [2.45, 2.75) is 43.0 Å². The highest BCUT2D eigenvalue weighted by molar-refractivity contribution is 7.89. The Morgan fingerprint density at radius 3 is 2.27 bits per heavy atom. The van der Waals surface area contributed by atoms with Gasteiger partial charge in [0.25, 0.3) is 0 Å². The molecule has 1 aromatic carbocycles. The maximum atomic E-state index is 13.1. The van der Waals surface area contributed by atoms with Gasteiger partial charge in [-0.1, -0.05) is 0 Å². The van der Waals surface area contributed by atoms with Crippen LogP contribution in [0.2, 0.25) is 0 Å². The number of amides is 1. The molecule has 1 amide bonds. The number of halogens is 1. The predicted molar refractivity (Wildman–Crippen MR) is 110 cm³/mol. The zero-order valence-corrected chi connectivity index (χ0v) is 18.6. The molecule has 2 fully saturated rings. The van der Waals surface area contributed by atoms with E-state index in [1.165, 1.54) is 16.4 Å². The number of nitrogens with one attached hydrogen (secondary N) is 1. The fourth-order valence-electron chi connectivity index (χ4n) is 4.08. The molecule has 2 aliphatic rings. The summed E-state index contributed by atoms with van der Waals surface area (Å²) in [5.74, 6) is -0.822. The summed E-state index contributed by atoms with van der Waals surface area (Å²) >= 11 is 0. The van der Waals surface area contributed by atoms with Gasteiger partial charge in [0.05, 0.1) is 11.2 Å². The number of hydrogen-bond donors (Lipinski definition) is 1. The minimum absolute atomic E-state index is 0.0335. The Morgan fingerprint density at radius 2 is 1.67 bits per heavy atom. The van der Waals surface area contributed by atoms with Crippen molar-refractivity contribution in [3.63, 3.8) is 0 Å². The topological polar surface area (TPSA) is 104 Å². The first-order valence-electron chi connectivity index (χ1n) is 10.1. The molecule has 1 atom stereocenters. The molecule has 1 N–H and O–H groups in total. The van der Waals surface area contributed by atoms with Gasteiger partial charge in [0, 0.05) is 38.1 Å². The lowest BCUT2D eigenvalue weighted by Crippen LogP contribution is -2.52. The summed E-state index contributed by atoms with van der Waals surface area (Å²) in [6, 6.07) is 4.54. The second kappa shape index (κ2) is 9.29. The van der Waals surface area contributed by atoms with Crippen molar-refractivity contribution >= 4 is 26.0 Å². The third-order valence-electron chi connectivity index (χ3n) is 5.75. The van der Waals surface area contributed by atoms with Gasteiger partial charge in [-0.3, -0.25) is 4.79 Å². The Hall–Kier alpha value is -1.56. The average Bonchev–Trinajstić information content (AvgIpc) is 2.72. The largest absolute Gasteiger partial charge is 0.338 e. The summed E-state index contributed by atoms with van der Waals surface area (Å²) in [6.07, 6.45) is 4.46. The molecule has 2 aliphatic heterocycles. The van der Waals surface area contributed by atoms with Crippen molar-refractivity contribution in [2.24, 2.45) is 5.92 Å². The highest BCUT2D eigenvalue weighted by Crippen LogP contribution is 2.27. The van der Waals surface area contributed by atoms with Crippen molar-refractivity contribution in [1.29, 1.82) is 0 Å². The smallest absolute Gasteiger partial charge is 0.243 e. The van der Waals surface area contributed by atoms with E-state index in [9.17, 15) is 26.0 Å². The average molecular weight is 462 g/mol. The molecule has 0 unspecified atom stereocenters. The van der Waals surface area contributed by atoms with E-state index in [1.807, 2.05) is 0 Å². The van der Waals surface area contributed by atoms with Gasteiger partial charge in [-0.2, -0.15) is 4.31 Å². The van der Waals surface area contributed by atoms with E-state index in [-0.39, 0.29) is 42.4 Å². The van der Waals surface area contributed by atoms with E-state index >= 15 is 0 Å². The zero-order valence-electron chi connectivity index (χ0n) is 17.0. The van der Waals surface area contributed by atoms with Gasteiger partial charge >= 0.3 is 0 Å². The number of nitrogens with zero attached hydrogens (tertiary/aromatic N) is 2. The first-order valence-corrected chi connectivity index (χ1v) is 13.4. The predicted octanol–water partition coefficient (Wildman–Crippen LogP) is 1.16. The maximum Gasteiger partial charge on any atom is 0.243 e. The Bertz CT molecular complexity index is 958.